The summed E-state index contributed by atoms with van der Waals surface area (Å²) in [5, 5.41) is 16.0. The lowest BCUT2D eigenvalue weighted by Gasteiger charge is -2.10. The first-order valence-electron chi connectivity index (χ1n) is 5.60. The smallest absolute Gasteiger partial charge is 0.191 e. The van der Waals surface area contributed by atoms with Crippen LogP contribution in [0.1, 0.15) is 12.5 Å². The minimum atomic E-state index is 0.154. The Hall–Kier alpha value is -1.91. The quantitative estimate of drug-likeness (QED) is 0.726. The number of hydrogen-bond acceptors (Lipinski definition) is 5. The second-order valence-electron chi connectivity index (χ2n) is 4.09. The van der Waals surface area contributed by atoms with E-state index in [4.69, 9.17) is 4.74 Å². The first kappa shape index (κ1) is 11.6. The SMILES string of the molecule is COc1ccc(CNC2=NCC(C)N2)cc1O. The number of ether oxygens (including phenoxy) is 1. The largest absolute Gasteiger partial charge is 0.504 e. The van der Waals surface area contributed by atoms with E-state index in [0.29, 0.717) is 18.3 Å². The predicted octanol–water partition coefficient (Wildman–Crippen LogP) is 0.838. The molecule has 1 aliphatic heterocycles. The van der Waals surface area contributed by atoms with E-state index in [2.05, 4.69) is 22.5 Å². The van der Waals surface area contributed by atoms with Crippen molar-refractivity contribution in [3.8, 4) is 11.5 Å². The second-order valence-corrected chi connectivity index (χ2v) is 4.09. The van der Waals surface area contributed by atoms with Gasteiger partial charge in [0.25, 0.3) is 0 Å². The highest BCUT2D eigenvalue weighted by molar-refractivity contribution is 5.81. The van der Waals surface area contributed by atoms with Gasteiger partial charge >= 0.3 is 0 Å². The monoisotopic (exact) mass is 235 g/mol. The number of guanidine groups is 1. The summed E-state index contributed by atoms with van der Waals surface area (Å²) in [6.07, 6.45) is 0. The van der Waals surface area contributed by atoms with E-state index in [9.17, 15) is 5.11 Å². The number of hydrogen-bond donors (Lipinski definition) is 3. The molecule has 0 saturated heterocycles. The summed E-state index contributed by atoms with van der Waals surface area (Å²) in [6.45, 7) is 3.50. The van der Waals surface area contributed by atoms with Gasteiger partial charge in [-0.05, 0) is 24.6 Å². The van der Waals surface area contributed by atoms with E-state index in [1.807, 2.05) is 6.07 Å². The van der Waals surface area contributed by atoms with Crippen LogP contribution in [0.3, 0.4) is 0 Å². The van der Waals surface area contributed by atoms with Crippen LogP contribution in [0.25, 0.3) is 0 Å². The van der Waals surface area contributed by atoms with E-state index in [-0.39, 0.29) is 5.75 Å². The Morgan fingerprint density at radius 1 is 1.59 bits per heavy atom. The molecule has 2 rings (SSSR count). The fraction of sp³-hybridized carbons (Fsp3) is 0.417. The highest BCUT2D eigenvalue weighted by Crippen LogP contribution is 2.25. The van der Waals surface area contributed by atoms with E-state index in [1.54, 1.807) is 12.1 Å². The van der Waals surface area contributed by atoms with Crippen LogP contribution >= 0.6 is 0 Å². The van der Waals surface area contributed by atoms with Crippen molar-refractivity contribution in [2.75, 3.05) is 13.7 Å². The molecular formula is C12H17N3O2. The number of benzene rings is 1. The Bertz CT molecular complexity index is 432. The average Bonchev–Trinajstić information content (AvgIpc) is 2.73. The van der Waals surface area contributed by atoms with Gasteiger partial charge in [0, 0.05) is 12.6 Å². The molecule has 0 spiro atoms. The maximum absolute atomic E-state index is 9.63. The minimum absolute atomic E-state index is 0.154. The third-order valence-electron chi connectivity index (χ3n) is 2.61. The lowest BCUT2D eigenvalue weighted by atomic mass is 10.2. The van der Waals surface area contributed by atoms with Gasteiger partial charge in [0.05, 0.1) is 13.7 Å². The van der Waals surface area contributed by atoms with Gasteiger partial charge in [-0.2, -0.15) is 0 Å². The van der Waals surface area contributed by atoms with Crippen molar-refractivity contribution < 1.29 is 9.84 Å². The van der Waals surface area contributed by atoms with E-state index >= 15 is 0 Å². The van der Waals surface area contributed by atoms with Gasteiger partial charge in [0.2, 0.25) is 0 Å². The van der Waals surface area contributed by atoms with E-state index in [1.165, 1.54) is 7.11 Å². The maximum atomic E-state index is 9.63. The molecule has 0 bridgehead atoms. The van der Waals surface area contributed by atoms with Gasteiger partial charge in [-0.25, -0.2) is 0 Å². The van der Waals surface area contributed by atoms with Gasteiger partial charge in [-0.3, -0.25) is 4.99 Å². The topological polar surface area (TPSA) is 65.9 Å². The van der Waals surface area contributed by atoms with Gasteiger partial charge in [-0.15, -0.1) is 0 Å². The van der Waals surface area contributed by atoms with Crippen LogP contribution in [0.4, 0.5) is 0 Å². The summed E-state index contributed by atoms with van der Waals surface area (Å²) >= 11 is 0. The van der Waals surface area contributed by atoms with Gasteiger partial charge in [0.1, 0.15) is 0 Å². The fourth-order valence-corrected chi connectivity index (χ4v) is 1.69. The van der Waals surface area contributed by atoms with Crippen molar-refractivity contribution in [2.45, 2.75) is 19.5 Å². The van der Waals surface area contributed by atoms with Crippen LogP contribution < -0.4 is 15.4 Å². The molecule has 92 valence electrons. The van der Waals surface area contributed by atoms with Gasteiger partial charge in [0.15, 0.2) is 17.5 Å². The summed E-state index contributed by atoms with van der Waals surface area (Å²) in [5.74, 6) is 1.45. The maximum Gasteiger partial charge on any atom is 0.191 e. The molecule has 1 aromatic carbocycles. The van der Waals surface area contributed by atoms with Crippen LogP contribution in [0.15, 0.2) is 23.2 Å². The number of phenolic OH excluding ortho intramolecular Hbond substituents is 1. The van der Waals surface area contributed by atoms with Crippen molar-refractivity contribution in [1.29, 1.82) is 0 Å². The third-order valence-corrected chi connectivity index (χ3v) is 2.61. The van der Waals surface area contributed by atoms with Crippen LogP contribution in [0.2, 0.25) is 0 Å². The molecule has 17 heavy (non-hydrogen) atoms. The molecule has 5 heteroatoms. The highest BCUT2D eigenvalue weighted by Gasteiger charge is 2.11. The molecule has 1 aromatic rings. The molecule has 1 atom stereocenters. The first-order valence-corrected chi connectivity index (χ1v) is 5.60. The number of nitrogens with one attached hydrogen (secondary N) is 2. The summed E-state index contributed by atoms with van der Waals surface area (Å²) < 4.78 is 4.99. The third kappa shape index (κ3) is 2.81. The molecule has 1 heterocycles. The highest BCUT2D eigenvalue weighted by atomic mass is 16.5. The van der Waals surface area contributed by atoms with E-state index < -0.39 is 0 Å². The number of aromatic hydroxyl groups is 1. The molecule has 0 amide bonds. The van der Waals surface area contributed by atoms with Crippen molar-refractivity contribution in [3.05, 3.63) is 23.8 Å². The molecule has 1 aliphatic rings. The van der Waals surface area contributed by atoms with Crippen LogP contribution in [-0.2, 0) is 6.54 Å². The number of rotatable bonds is 3. The zero-order valence-corrected chi connectivity index (χ0v) is 10.0. The Labute approximate surface area is 101 Å². The Morgan fingerprint density at radius 3 is 3.00 bits per heavy atom. The van der Waals surface area contributed by atoms with Crippen LogP contribution in [0, 0.1) is 0 Å². The zero-order chi connectivity index (χ0) is 12.3. The average molecular weight is 235 g/mol. The predicted molar refractivity (Wildman–Crippen MR) is 66.4 cm³/mol. The van der Waals surface area contributed by atoms with Crippen molar-refractivity contribution in [1.82, 2.24) is 10.6 Å². The van der Waals surface area contributed by atoms with Crippen LogP contribution in [-0.4, -0.2) is 30.8 Å². The Kier molecular flexibility index (Phi) is 3.37. The normalized spacial score (nSPS) is 18.5. The molecule has 0 aromatic heterocycles. The van der Waals surface area contributed by atoms with Crippen molar-refractivity contribution >= 4 is 5.96 Å². The number of nitrogens with zero attached hydrogens (tertiary/aromatic N) is 1. The van der Waals surface area contributed by atoms with Gasteiger partial charge < -0.3 is 20.5 Å². The standard InChI is InChI=1S/C12H17N3O2/c1-8-6-13-12(15-8)14-7-9-3-4-11(17-2)10(16)5-9/h3-5,8,16H,6-7H2,1-2H3,(H2,13,14,15). The molecular weight excluding hydrogens is 218 g/mol. The lowest BCUT2D eigenvalue weighted by Crippen LogP contribution is -2.37. The first-order chi connectivity index (χ1) is 8.19. The molecule has 3 N–H and O–H groups in total. The van der Waals surface area contributed by atoms with Gasteiger partial charge in [-0.1, -0.05) is 6.07 Å². The summed E-state index contributed by atoms with van der Waals surface area (Å²) in [5.41, 5.74) is 0.979. The second kappa shape index (κ2) is 4.95. The molecule has 1 unspecified atom stereocenters. The minimum Gasteiger partial charge on any atom is -0.504 e. The number of phenols is 1. The molecule has 0 radical (unpaired) electrons. The molecule has 0 saturated carbocycles. The fourth-order valence-electron chi connectivity index (χ4n) is 1.69. The Morgan fingerprint density at radius 2 is 2.41 bits per heavy atom. The molecule has 0 fully saturated rings. The lowest BCUT2D eigenvalue weighted by molar-refractivity contribution is 0.373. The number of aliphatic imine (C=N–C) groups is 1. The van der Waals surface area contributed by atoms with Crippen molar-refractivity contribution in [2.24, 2.45) is 4.99 Å². The zero-order valence-electron chi connectivity index (χ0n) is 10.0. The summed E-state index contributed by atoms with van der Waals surface area (Å²) in [4.78, 5) is 4.30. The molecule has 0 aliphatic carbocycles. The van der Waals surface area contributed by atoms with Crippen LogP contribution in [0.5, 0.6) is 11.5 Å². The summed E-state index contributed by atoms with van der Waals surface area (Å²) in [7, 11) is 1.53. The molecule has 5 nitrogen and oxygen atoms in total. The Balaban J connectivity index is 1.93. The summed E-state index contributed by atoms with van der Waals surface area (Å²) in [6, 6.07) is 5.73. The van der Waals surface area contributed by atoms with Crippen molar-refractivity contribution in [3.63, 3.8) is 0 Å². The number of methoxy groups -OCH3 is 1. The van der Waals surface area contributed by atoms with E-state index in [0.717, 1.165) is 18.1 Å².